The van der Waals surface area contributed by atoms with Gasteiger partial charge in [0.05, 0.1) is 23.3 Å². The second-order valence-electron chi connectivity index (χ2n) is 8.54. The van der Waals surface area contributed by atoms with E-state index in [1.807, 2.05) is 0 Å². The largest absolute Gasteiger partial charge is 0.485 e. The summed E-state index contributed by atoms with van der Waals surface area (Å²) in [5.74, 6) is 0.822. The van der Waals surface area contributed by atoms with Crippen molar-refractivity contribution >= 4 is 11.6 Å². The number of hydrogen-bond acceptors (Lipinski definition) is 7. The van der Waals surface area contributed by atoms with Gasteiger partial charge in [0.15, 0.2) is 11.6 Å². The van der Waals surface area contributed by atoms with Gasteiger partial charge >= 0.3 is 0 Å². The van der Waals surface area contributed by atoms with Gasteiger partial charge in [0.1, 0.15) is 40.2 Å². The molecule has 0 aliphatic heterocycles. The quantitative estimate of drug-likeness (QED) is 0.379. The Balaban J connectivity index is 1.76. The van der Waals surface area contributed by atoms with E-state index in [1.165, 1.54) is 16.8 Å². The summed E-state index contributed by atoms with van der Waals surface area (Å²) < 4.78 is 33.8. The van der Waals surface area contributed by atoms with Gasteiger partial charge in [-0.25, -0.2) is 18.7 Å². The molecule has 4 aromatic rings. The first-order valence-electron chi connectivity index (χ1n) is 10.9. The van der Waals surface area contributed by atoms with Crippen LogP contribution < -0.4 is 10.3 Å². The van der Waals surface area contributed by atoms with Crippen LogP contribution in [0.1, 0.15) is 36.6 Å². The number of ether oxygens (including phenoxy) is 1. The van der Waals surface area contributed by atoms with Crippen LogP contribution in [0, 0.1) is 30.9 Å². The first-order valence-corrected chi connectivity index (χ1v) is 11.3. The smallest absolute Gasteiger partial charge is 0.278 e. The molecular formula is C26H20ClF2N5O3. The molecule has 1 N–H and O–H groups in total. The van der Waals surface area contributed by atoms with E-state index in [-0.39, 0.29) is 28.0 Å². The third kappa shape index (κ3) is 5.33. The SMILES string of the molecule is C#Cc1cc(OCc2ncc(F)cc2F)c(Cl)c(=O)n1-c1cc(-c2ccnc(C(C)(C)O)n2)ncc1C. The number of terminal acetylenes is 1. The fraction of sp³-hybridized carbons (Fsp3) is 0.192. The fourth-order valence-corrected chi connectivity index (χ4v) is 3.59. The Morgan fingerprint density at radius 2 is 1.92 bits per heavy atom. The average molecular weight is 524 g/mol. The van der Waals surface area contributed by atoms with Gasteiger partial charge in [0, 0.05) is 24.5 Å². The zero-order valence-corrected chi connectivity index (χ0v) is 20.7. The minimum atomic E-state index is -1.27. The number of hydrogen-bond donors (Lipinski definition) is 1. The Bertz CT molecular complexity index is 1610. The molecule has 0 saturated carbocycles. The topological polar surface area (TPSA) is 103 Å². The molecule has 11 heteroatoms. The van der Waals surface area contributed by atoms with E-state index < -0.39 is 29.4 Å². The molecule has 0 fully saturated rings. The number of aliphatic hydroxyl groups is 1. The minimum Gasteiger partial charge on any atom is -0.485 e. The van der Waals surface area contributed by atoms with Crippen LogP contribution in [0.2, 0.25) is 5.02 Å². The molecule has 188 valence electrons. The van der Waals surface area contributed by atoms with Gasteiger partial charge in [0.2, 0.25) is 0 Å². The second-order valence-corrected chi connectivity index (χ2v) is 8.92. The van der Waals surface area contributed by atoms with E-state index in [1.54, 1.807) is 39.1 Å². The predicted molar refractivity (Wildman–Crippen MR) is 132 cm³/mol. The number of pyridine rings is 3. The molecule has 0 radical (unpaired) electrons. The van der Waals surface area contributed by atoms with Crippen LogP contribution in [0.25, 0.3) is 17.1 Å². The van der Waals surface area contributed by atoms with Crippen LogP contribution in [0.3, 0.4) is 0 Å². The van der Waals surface area contributed by atoms with Gasteiger partial charge in [-0.05, 0) is 38.5 Å². The molecule has 0 unspecified atom stereocenters. The second kappa shape index (κ2) is 10.0. The zero-order chi connectivity index (χ0) is 26.9. The van der Waals surface area contributed by atoms with Crippen molar-refractivity contribution in [1.29, 1.82) is 0 Å². The van der Waals surface area contributed by atoms with Crippen molar-refractivity contribution < 1.29 is 18.6 Å². The van der Waals surface area contributed by atoms with E-state index in [2.05, 4.69) is 25.9 Å². The lowest BCUT2D eigenvalue weighted by Gasteiger charge is -2.17. The average Bonchev–Trinajstić information content (AvgIpc) is 2.86. The predicted octanol–water partition coefficient (Wildman–Crippen LogP) is 4.11. The van der Waals surface area contributed by atoms with Crippen LogP contribution in [0.4, 0.5) is 8.78 Å². The number of aryl methyl sites for hydroxylation is 1. The Kier molecular flexibility index (Phi) is 7.03. The Morgan fingerprint density at radius 1 is 1.16 bits per heavy atom. The molecule has 0 atom stereocenters. The summed E-state index contributed by atoms with van der Waals surface area (Å²) in [5, 5.41) is 9.96. The molecule has 4 aromatic heterocycles. The highest BCUT2D eigenvalue weighted by molar-refractivity contribution is 6.31. The van der Waals surface area contributed by atoms with Crippen molar-refractivity contribution in [2.45, 2.75) is 33.0 Å². The summed E-state index contributed by atoms with van der Waals surface area (Å²) in [4.78, 5) is 29.8. The van der Waals surface area contributed by atoms with Crippen LogP contribution >= 0.6 is 11.6 Å². The van der Waals surface area contributed by atoms with Gasteiger partial charge in [-0.15, -0.1) is 6.42 Å². The zero-order valence-electron chi connectivity index (χ0n) is 20.0. The van der Waals surface area contributed by atoms with Crippen LogP contribution in [-0.2, 0) is 12.2 Å². The lowest BCUT2D eigenvalue weighted by atomic mass is 10.1. The fourth-order valence-electron chi connectivity index (χ4n) is 3.40. The highest BCUT2D eigenvalue weighted by Crippen LogP contribution is 2.27. The Hall–Kier alpha value is -4.20. The molecule has 4 heterocycles. The van der Waals surface area contributed by atoms with Gasteiger partial charge in [-0.1, -0.05) is 17.5 Å². The van der Waals surface area contributed by atoms with Gasteiger partial charge in [0.25, 0.3) is 5.56 Å². The number of nitrogens with zero attached hydrogens (tertiary/aromatic N) is 5. The summed E-state index contributed by atoms with van der Waals surface area (Å²) in [6.07, 6.45) is 9.60. The minimum absolute atomic E-state index is 0.0843. The van der Waals surface area contributed by atoms with Gasteiger partial charge in [-0.2, -0.15) is 0 Å². The number of aromatic nitrogens is 5. The maximum Gasteiger partial charge on any atom is 0.278 e. The van der Waals surface area contributed by atoms with Crippen molar-refractivity contribution in [2.75, 3.05) is 0 Å². The van der Waals surface area contributed by atoms with Crippen LogP contribution in [0.5, 0.6) is 5.75 Å². The van der Waals surface area contributed by atoms with Gasteiger partial charge < -0.3 is 9.84 Å². The number of rotatable bonds is 6. The molecule has 0 aliphatic carbocycles. The molecule has 0 aromatic carbocycles. The Labute approximate surface area is 215 Å². The summed E-state index contributed by atoms with van der Waals surface area (Å²) in [6.45, 7) is 4.45. The molecule has 0 amide bonds. The third-order valence-corrected chi connectivity index (χ3v) is 5.64. The highest BCUT2D eigenvalue weighted by atomic mass is 35.5. The Morgan fingerprint density at radius 3 is 2.59 bits per heavy atom. The molecule has 0 aliphatic rings. The van der Waals surface area contributed by atoms with Crippen molar-refractivity contribution in [1.82, 2.24) is 24.5 Å². The first kappa shape index (κ1) is 25.9. The molecular weight excluding hydrogens is 504 g/mol. The molecule has 0 bridgehead atoms. The monoisotopic (exact) mass is 523 g/mol. The van der Waals surface area contributed by atoms with E-state index >= 15 is 0 Å². The maximum absolute atomic E-state index is 13.9. The van der Waals surface area contributed by atoms with Crippen molar-refractivity contribution in [3.8, 4) is 35.2 Å². The maximum atomic E-state index is 13.9. The summed E-state index contributed by atoms with van der Waals surface area (Å²) in [7, 11) is 0. The van der Waals surface area contributed by atoms with Crippen molar-refractivity contribution in [3.05, 3.63) is 92.6 Å². The van der Waals surface area contributed by atoms with E-state index in [0.717, 1.165) is 6.20 Å². The lowest BCUT2D eigenvalue weighted by Crippen LogP contribution is -2.23. The molecule has 8 nitrogen and oxygen atoms in total. The van der Waals surface area contributed by atoms with Gasteiger partial charge in [-0.3, -0.25) is 19.3 Å². The van der Waals surface area contributed by atoms with Crippen LogP contribution in [-0.4, -0.2) is 29.6 Å². The van der Waals surface area contributed by atoms with E-state index in [0.29, 0.717) is 28.7 Å². The third-order valence-electron chi connectivity index (χ3n) is 5.29. The number of halogens is 3. The molecule has 37 heavy (non-hydrogen) atoms. The van der Waals surface area contributed by atoms with E-state index in [4.69, 9.17) is 22.8 Å². The summed E-state index contributed by atoms with van der Waals surface area (Å²) in [6, 6.07) is 5.27. The molecule has 0 saturated heterocycles. The van der Waals surface area contributed by atoms with Crippen LogP contribution in [0.15, 0.2) is 47.7 Å². The van der Waals surface area contributed by atoms with E-state index in [9.17, 15) is 18.7 Å². The lowest BCUT2D eigenvalue weighted by molar-refractivity contribution is 0.0688. The standard InChI is InChI=1S/C26H20ClF2N5O3/c1-5-16-9-22(37-13-20-17(29)8-15(28)12-32-20)23(27)24(35)34(16)21-10-19(31-11-14(21)2)18-6-7-30-25(33-18)26(3,4)36/h1,6-12,36H,13H2,2-4H3. The molecule has 4 rings (SSSR count). The summed E-state index contributed by atoms with van der Waals surface area (Å²) >= 11 is 6.32. The molecule has 0 spiro atoms. The summed E-state index contributed by atoms with van der Waals surface area (Å²) in [5.41, 5.74) is -0.188. The highest BCUT2D eigenvalue weighted by Gasteiger charge is 2.22. The van der Waals surface area contributed by atoms with Crippen molar-refractivity contribution in [2.24, 2.45) is 0 Å². The van der Waals surface area contributed by atoms with Crippen molar-refractivity contribution in [3.63, 3.8) is 0 Å². The first-order chi connectivity index (χ1) is 17.5. The normalized spacial score (nSPS) is 11.3.